The Kier molecular flexibility index (Phi) is 6.99. The van der Waals surface area contributed by atoms with E-state index < -0.39 is 23.1 Å². The monoisotopic (exact) mass is 484 g/mol. The molecule has 0 spiro atoms. The Morgan fingerprint density at radius 1 is 0.743 bits per heavy atom. The summed E-state index contributed by atoms with van der Waals surface area (Å²) in [5.74, 6) is -2.59. The van der Waals surface area contributed by atoms with E-state index in [1.165, 1.54) is 52.0 Å². The number of amides is 2. The molecule has 0 radical (unpaired) electrons. The van der Waals surface area contributed by atoms with E-state index in [-0.39, 0.29) is 57.1 Å². The van der Waals surface area contributed by atoms with Gasteiger partial charge < -0.3 is 23.5 Å². The van der Waals surface area contributed by atoms with Crippen LogP contribution in [-0.4, -0.2) is 33.5 Å². The standard InChI is InChI=1S/C22H20N4O9/c1-9-7-13(27)17(21(31)33-9)11(3)23-25-19(29)15-5-6-16(35-15)20(30)26-24-12(4)18-14(28)8-10(2)34-22(18)32/h5-8,27-28H,1-4H3,(H,25,29)(H,26,30). The van der Waals surface area contributed by atoms with E-state index in [0.717, 1.165) is 0 Å². The minimum Gasteiger partial charge on any atom is -0.507 e. The van der Waals surface area contributed by atoms with Gasteiger partial charge in [0.15, 0.2) is 11.5 Å². The molecule has 13 heteroatoms. The molecular weight excluding hydrogens is 464 g/mol. The van der Waals surface area contributed by atoms with Gasteiger partial charge in [0, 0.05) is 12.1 Å². The molecule has 13 nitrogen and oxygen atoms in total. The fraction of sp³-hybridized carbons (Fsp3) is 0.182. The number of hydrogen-bond donors (Lipinski definition) is 4. The summed E-state index contributed by atoms with van der Waals surface area (Å²) in [6.45, 7) is 5.71. The first kappa shape index (κ1) is 24.7. The molecule has 2 amide bonds. The van der Waals surface area contributed by atoms with Crippen molar-refractivity contribution in [3.05, 3.63) is 79.3 Å². The van der Waals surface area contributed by atoms with Crippen LogP contribution >= 0.6 is 0 Å². The molecule has 3 aromatic rings. The molecule has 0 aliphatic rings. The highest BCUT2D eigenvalue weighted by Crippen LogP contribution is 2.16. The lowest BCUT2D eigenvalue weighted by atomic mass is 10.2. The molecule has 0 aliphatic heterocycles. The maximum atomic E-state index is 12.3. The van der Waals surface area contributed by atoms with Gasteiger partial charge in [-0.3, -0.25) is 9.59 Å². The Morgan fingerprint density at radius 3 is 1.46 bits per heavy atom. The van der Waals surface area contributed by atoms with Crippen LogP contribution in [0.2, 0.25) is 0 Å². The number of hydrazone groups is 2. The van der Waals surface area contributed by atoms with E-state index in [1.807, 2.05) is 0 Å². The molecule has 0 aliphatic carbocycles. The highest BCUT2D eigenvalue weighted by Gasteiger charge is 2.18. The molecule has 4 N–H and O–H groups in total. The molecule has 0 fully saturated rings. The number of nitrogens with one attached hydrogen (secondary N) is 2. The average Bonchev–Trinajstić information content (AvgIpc) is 3.25. The highest BCUT2D eigenvalue weighted by molar-refractivity contribution is 6.03. The van der Waals surface area contributed by atoms with Crippen LogP contribution in [0.3, 0.4) is 0 Å². The summed E-state index contributed by atoms with van der Waals surface area (Å²) >= 11 is 0. The number of furan rings is 1. The Bertz CT molecular complexity index is 1380. The van der Waals surface area contributed by atoms with Crippen LogP contribution in [0.25, 0.3) is 0 Å². The molecule has 0 unspecified atom stereocenters. The van der Waals surface area contributed by atoms with Crippen LogP contribution in [0.5, 0.6) is 11.5 Å². The molecule has 182 valence electrons. The fourth-order valence-corrected chi connectivity index (χ4v) is 2.93. The zero-order chi connectivity index (χ0) is 25.9. The molecule has 0 saturated heterocycles. The van der Waals surface area contributed by atoms with Crippen molar-refractivity contribution in [2.45, 2.75) is 27.7 Å². The topological polar surface area (TPSA) is 197 Å². The second-order valence-electron chi connectivity index (χ2n) is 7.25. The van der Waals surface area contributed by atoms with E-state index in [1.54, 1.807) is 0 Å². The van der Waals surface area contributed by atoms with Gasteiger partial charge in [0.25, 0.3) is 0 Å². The van der Waals surface area contributed by atoms with Crippen LogP contribution < -0.4 is 22.1 Å². The minimum absolute atomic E-state index is 0.0252. The number of aryl methyl sites for hydroxylation is 2. The number of carbonyl (C=O) groups is 2. The van der Waals surface area contributed by atoms with Gasteiger partial charge in [-0.2, -0.15) is 10.2 Å². The van der Waals surface area contributed by atoms with E-state index >= 15 is 0 Å². The van der Waals surface area contributed by atoms with E-state index in [4.69, 9.17) is 13.3 Å². The van der Waals surface area contributed by atoms with Crippen molar-refractivity contribution in [1.29, 1.82) is 0 Å². The van der Waals surface area contributed by atoms with Crippen LogP contribution in [0.4, 0.5) is 0 Å². The molecule has 0 saturated carbocycles. The second-order valence-corrected chi connectivity index (χ2v) is 7.25. The summed E-state index contributed by atoms with van der Waals surface area (Å²) < 4.78 is 15.0. The normalized spacial score (nSPS) is 11.9. The smallest absolute Gasteiger partial charge is 0.348 e. The van der Waals surface area contributed by atoms with Gasteiger partial charge in [0.1, 0.15) is 34.1 Å². The third-order valence-corrected chi connectivity index (χ3v) is 4.54. The van der Waals surface area contributed by atoms with Gasteiger partial charge in [-0.1, -0.05) is 0 Å². The van der Waals surface area contributed by atoms with Crippen LogP contribution in [0.1, 0.15) is 57.6 Å². The summed E-state index contributed by atoms with van der Waals surface area (Å²) in [6.07, 6.45) is 0. The maximum Gasteiger partial charge on any atom is 0.348 e. The SMILES string of the molecule is CC(=NNC(=O)c1ccc(C(=O)NN=C(C)c2c(O)cc(C)oc2=O)o1)c1c(O)cc(C)oc1=O. The van der Waals surface area contributed by atoms with E-state index in [9.17, 15) is 29.4 Å². The molecule has 3 aromatic heterocycles. The predicted octanol–water partition coefficient (Wildman–Crippen LogP) is 1.52. The number of rotatable bonds is 6. The Morgan fingerprint density at radius 2 is 1.11 bits per heavy atom. The summed E-state index contributed by atoms with van der Waals surface area (Å²) in [6, 6.07) is 4.85. The molecule has 0 atom stereocenters. The van der Waals surface area contributed by atoms with Gasteiger partial charge in [-0.15, -0.1) is 0 Å². The molecule has 3 rings (SSSR count). The largest absolute Gasteiger partial charge is 0.507 e. The van der Waals surface area contributed by atoms with E-state index in [2.05, 4.69) is 21.1 Å². The summed E-state index contributed by atoms with van der Waals surface area (Å²) in [7, 11) is 0. The third-order valence-electron chi connectivity index (χ3n) is 4.54. The van der Waals surface area contributed by atoms with Crippen molar-refractivity contribution in [1.82, 2.24) is 10.9 Å². The van der Waals surface area contributed by atoms with Gasteiger partial charge >= 0.3 is 23.1 Å². The fourth-order valence-electron chi connectivity index (χ4n) is 2.93. The van der Waals surface area contributed by atoms with Crippen molar-refractivity contribution < 1.29 is 33.1 Å². The van der Waals surface area contributed by atoms with Gasteiger partial charge in [-0.25, -0.2) is 20.4 Å². The number of aromatic hydroxyl groups is 2. The number of carbonyl (C=O) groups excluding carboxylic acids is 2. The van der Waals surface area contributed by atoms with Crippen LogP contribution in [0, 0.1) is 13.8 Å². The number of nitrogens with zero attached hydrogens (tertiary/aromatic N) is 2. The Labute approximate surface area is 196 Å². The zero-order valence-electron chi connectivity index (χ0n) is 19.0. The van der Waals surface area contributed by atoms with Gasteiger partial charge in [-0.05, 0) is 39.8 Å². The van der Waals surface area contributed by atoms with Crippen LogP contribution in [-0.2, 0) is 0 Å². The molecule has 0 aromatic carbocycles. The summed E-state index contributed by atoms with van der Waals surface area (Å²) in [4.78, 5) is 48.4. The summed E-state index contributed by atoms with van der Waals surface area (Å²) in [5.41, 5.74) is 2.12. The lowest BCUT2D eigenvalue weighted by molar-refractivity contribution is 0.0902. The first-order chi connectivity index (χ1) is 16.5. The third kappa shape index (κ3) is 5.52. The van der Waals surface area contributed by atoms with Gasteiger partial charge in [0.2, 0.25) is 0 Å². The number of hydrogen-bond acceptors (Lipinski definition) is 11. The first-order valence-electron chi connectivity index (χ1n) is 9.95. The predicted molar refractivity (Wildman–Crippen MR) is 121 cm³/mol. The second kappa shape index (κ2) is 9.91. The van der Waals surface area contributed by atoms with E-state index in [0.29, 0.717) is 0 Å². The average molecular weight is 484 g/mol. The lowest BCUT2D eigenvalue weighted by Gasteiger charge is -2.04. The summed E-state index contributed by atoms with van der Waals surface area (Å²) in [5, 5.41) is 27.3. The Balaban J connectivity index is 1.70. The maximum absolute atomic E-state index is 12.3. The minimum atomic E-state index is -0.846. The van der Waals surface area contributed by atoms with Gasteiger partial charge in [0.05, 0.1) is 11.4 Å². The lowest BCUT2D eigenvalue weighted by Crippen LogP contribution is -2.22. The molecule has 3 heterocycles. The van der Waals surface area contributed by atoms with Crippen molar-refractivity contribution >= 4 is 23.2 Å². The highest BCUT2D eigenvalue weighted by atomic mass is 16.4. The quantitative estimate of drug-likeness (QED) is 0.296. The first-order valence-corrected chi connectivity index (χ1v) is 9.95. The van der Waals surface area contributed by atoms with Crippen molar-refractivity contribution in [3.8, 4) is 11.5 Å². The molecular formula is C22H20N4O9. The Hall–Kier alpha value is -4.94. The molecule has 35 heavy (non-hydrogen) atoms. The van der Waals surface area contributed by atoms with Crippen molar-refractivity contribution in [2.24, 2.45) is 10.2 Å². The van der Waals surface area contributed by atoms with Crippen molar-refractivity contribution in [2.75, 3.05) is 0 Å². The van der Waals surface area contributed by atoms with Crippen LogP contribution in [0.15, 0.2) is 57.3 Å². The molecule has 0 bridgehead atoms. The van der Waals surface area contributed by atoms with Crippen molar-refractivity contribution in [3.63, 3.8) is 0 Å². The zero-order valence-corrected chi connectivity index (χ0v) is 19.0.